The van der Waals surface area contributed by atoms with Crippen molar-refractivity contribution in [3.05, 3.63) is 71.8 Å². The molecule has 2 heterocycles. The van der Waals surface area contributed by atoms with Crippen molar-refractivity contribution in [2.24, 2.45) is 0 Å². The van der Waals surface area contributed by atoms with Crippen LogP contribution in [0.15, 0.2) is 65.2 Å². The van der Waals surface area contributed by atoms with Crippen LogP contribution < -0.4 is 14.8 Å². The third-order valence-electron chi connectivity index (χ3n) is 4.07. The van der Waals surface area contributed by atoms with Crippen molar-refractivity contribution in [1.29, 1.82) is 0 Å². The maximum Gasteiger partial charge on any atom is 0.414 e. The van der Waals surface area contributed by atoms with Gasteiger partial charge in [0.15, 0.2) is 5.58 Å². The van der Waals surface area contributed by atoms with Crippen LogP contribution >= 0.6 is 11.6 Å². The van der Waals surface area contributed by atoms with Gasteiger partial charge in [0.2, 0.25) is 5.95 Å². The third kappa shape index (κ3) is 4.14. The van der Waals surface area contributed by atoms with Crippen LogP contribution in [-0.4, -0.2) is 18.1 Å². The van der Waals surface area contributed by atoms with Gasteiger partial charge in [-0.25, -0.2) is 9.78 Å². The fourth-order valence-electron chi connectivity index (χ4n) is 2.72. The molecule has 146 valence electrons. The number of fused-ring (bicyclic) bond motifs is 1. The van der Waals surface area contributed by atoms with Gasteiger partial charge in [-0.2, -0.15) is 4.39 Å². The standard InChI is InChI=1S/C21H14ClFN2O4/c1-24-21(26)29-19-10-14-8-13(9-17(22)20(14)28-19)12-2-4-15(5-3-12)27-16-6-7-18(23)25-11-16/h2-11H,1H3,(H,24,26). The second-order valence-corrected chi connectivity index (χ2v) is 6.43. The Morgan fingerprint density at radius 2 is 1.83 bits per heavy atom. The number of hydrogen-bond acceptors (Lipinski definition) is 5. The number of hydrogen-bond donors (Lipinski definition) is 1. The molecule has 2 aromatic heterocycles. The summed E-state index contributed by atoms with van der Waals surface area (Å²) < 4.78 is 29.0. The average molecular weight is 413 g/mol. The highest BCUT2D eigenvalue weighted by Gasteiger charge is 2.13. The zero-order valence-electron chi connectivity index (χ0n) is 15.1. The summed E-state index contributed by atoms with van der Waals surface area (Å²) in [4.78, 5) is 14.9. The molecule has 0 aliphatic heterocycles. The van der Waals surface area contributed by atoms with Crippen molar-refractivity contribution < 1.29 is 23.1 Å². The maximum absolute atomic E-state index is 12.9. The Morgan fingerprint density at radius 3 is 2.52 bits per heavy atom. The van der Waals surface area contributed by atoms with Gasteiger partial charge in [-0.3, -0.25) is 0 Å². The molecule has 6 nitrogen and oxygen atoms in total. The topological polar surface area (TPSA) is 73.6 Å². The zero-order valence-corrected chi connectivity index (χ0v) is 15.9. The number of pyridine rings is 1. The van der Waals surface area contributed by atoms with Crippen LogP contribution in [0.3, 0.4) is 0 Å². The van der Waals surface area contributed by atoms with Crippen LogP contribution in [0.25, 0.3) is 22.1 Å². The van der Waals surface area contributed by atoms with E-state index in [9.17, 15) is 9.18 Å². The van der Waals surface area contributed by atoms with Crippen LogP contribution in [-0.2, 0) is 0 Å². The zero-order chi connectivity index (χ0) is 20.4. The van der Waals surface area contributed by atoms with Crippen LogP contribution in [0.4, 0.5) is 9.18 Å². The van der Waals surface area contributed by atoms with E-state index in [0.29, 0.717) is 27.5 Å². The van der Waals surface area contributed by atoms with E-state index in [0.717, 1.165) is 11.1 Å². The van der Waals surface area contributed by atoms with Crippen molar-refractivity contribution in [3.8, 4) is 28.6 Å². The minimum atomic E-state index is -0.632. The summed E-state index contributed by atoms with van der Waals surface area (Å²) in [6.07, 6.45) is 0.682. The number of carbonyl (C=O) groups is 1. The number of rotatable bonds is 4. The van der Waals surface area contributed by atoms with E-state index in [4.69, 9.17) is 25.5 Å². The maximum atomic E-state index is 12.9. The summed E-state index contributed by atoms with van der Waals surface area (Å²) in [5.74, 6) is 0.503. The molecule has 0 aliphatic carbocycles. The Kier molecular flexibility index (Phi) is 5.05. The lowest BCUT2D eigenvalue weighted by Gasteiger charge is -2.07. The molecule has 0 bridgehead atoms. The lowest BCUT2D eigenvalue weighted by Crippen LogP contribution is -2.21. The van der Waals surface area contributed by atoms with Gasteiger partial charge in [0.05, 0.1) is 11.2 Å². The minimum Gasteiger partial charge on any atom is -0.456 e. The number of nitrogens with zero attached hydrogens (tertiary/aromatic N) is 1. The monoisotopic (exact) mass is 412 g/mol. The number of nitrogens with one attached hydrogen (secondary N) is 1. The number of ether oxygens (including phenoxy) is 2. The Labute approximate surface area is 169 Å². The van der Waals surface area contributed by atoms with Crippen LogP contribution in [0.5, 0.6) is 17.4 Å². The van der Waals surface area contributed by atoms with Crippen molar-refractivity contribution in [2.45, 2.75) is 0 Å². The molecule has 4 aromatic rings. The SMILES string of the molecule is CNC(=O)Oc1cc2cc(-c3ccc(Oc4ccc(F)nc4)cc3)cc(Cl)c2o1. The van der Waals surface area contributed by atoms with Crippen molar-refractivity contribution in [3.63, 3.8) is 0 Å². The van der Waals surface area contributed by atoms with E-state index < -0.39 is 12.0 Å². The fourth-order valence-corrected chi connectivity index (χ4v) is 2.99. The number of aromatic nitrogens is 1. The summed E-state index contributed by atoms with van der Waals surface area (Å²) in [5, 5.41) is 3.44. The van der Waals surface area contributed by atoms with Gasteiger partial charge in [0.1, 0.15) is 11.5 Å². The number of amides is 1. The molecule has 0 radical (unpaired) electrons. The molecule has 29 heavy (non-hydrogen) atoms. The Bertz CT molecular complexity index is 1170. The van der Waals surface area contributed by atoms with E-state index in [1.807, 2.05) is 18.2 Å². The van der Waals surface area contributed by atoms with Crippen LogP contribution in [0.2, 0.25) is 5.02 Å². The van der Waals surface area contributed by atoms with Gasteiger partial charge in [-0.05, 0) is 47.5 Å². The van der Waals surface area contributed by atoms with Crippen molar-refractivity contribution in [1.82, 2.24) is 10.3 Å². The highest BCUT2D eigenvalue weighted by atomic mass is 35.5. The predicted octanol–water partition coefficient (Wildman–Crippen LogP) is 5.80. The van der Waals surface area contributed by atoms with Gasteiger partial charge < -0.3 is 19.2 Å². The van der Waals surface area contributed by atoms with E-state index in [-0.39, 0.29) is 5.95 Å². The van der Waals surface area contributed by atoms with E-state index in [1.54, 1.807) is 24.3 Å². The van der Waals surface area contributed by atoms with E-state index >= 15 is 0 Å². The lowest BCUT2D eigenvalue weighted by molar-refractivity contribution is 0.191. The third-order valence-corrected chi connectivity index (χ3v) is 4.35. The molecule has 8 heteroatoms. The summed E-state index contributed by atoms with van der Waals surface area (Å²) in [5.41, 5.74) is 2.18. The first-order valence-corrected chi connectivity index (χ1v) is 8.92. The first-order chi connectivity index (χ1) is 14.0. The average Bonchev–Trinajstić information content (AvgIpc) is 3.13. The number of halogens is 2. The number of benzene rings is 2. The fraction of sp³-hybridized carbons (Fsp3) is 0.0476. The lowest BCUT2D eigenvalue weighted by atomic mass is 10.0. The molecule has 0 spiro atoms. The number of furan rings is 1. The molecular formula is C21H14ClFN2O4. The summed E-state index contributed by atoms with van der Waals surface area (Å²) >= 11 is 6.34. The largest absolute Gasteiger partial charge is 0.456 e. The van der Waals surface area contributed by atoms with Gasteiger partial charge >= 0.3 is 6.09 Å². The quantitative estimate of drug-likeness (QED) is 0.429. The Morgan fingerprint density at radius 1 is 1.07 bits per heavy atom. The summed E-state index contributed by atoms with van der Waals surface area (Å²) in [6, 6.07) is 15.3. The van der Waals surface area contributed by atoms with Gasteiger partial charge in [0.25, 0.3) is 5.95 Å². The molecule has 1 amide bonds. The number of carbonyl (C=O) groups excluding carboxylic acids is 1. The minimum absolute atomic E-state index is 0.0510. The van der Waals surface area contributed by atoms with Gasteiger partial charge in [0, 0.05) is 18.5 Å². The molecule has 0 unspecified atom stereocenters. The molecule has 0 aliphatic rings. The molecule has 4 rings (SSSR count). The molecule has 0 saturated carbocycles. The summed E-state index contributed by atoms with van der Waals surface area (Å²) in [6.45, 7) is 0. The van der Waals surface area contributed by atoms with Gasteiger partial charge in [-0.1, -0.05) is 23.7 Å². The molecule has 0 atom stereocenters. The summed E-state index contributed by atoms with van der Waals surface area (Å²) in [7, 11) is 1.45. The van der Waals surface area contributed by atoms with Crippen LogP contribution in [0, 0.1) is 5.95 Å². The first kappa shape index (κ1) is 18.8. The predicted molar refractivity (Wildman–Crippen MR) is 106 cm³/mol. The van der Waals surface area contributed by atoms with E-state index in [2.05, 4.69) is 10.3 Å². The molecule has 0 saturated heterocycles. The molecule has 2 aromatic carbocycles. The second-order valence-electron chi connectivity index (χ2n) is 6.02. The Hall–Kier alpha value is -3.58. The van der Waals surface area contributed by atoms with Crippen molar-refractivity contribution in [2.75, 3.05) is 7.05 Å². The highest BCUT2D eigenvalue weighted by molar-refractivity contribution is 6.35. The van der Waals surface area contributed by atoms with Crippen molar-refractivity contribution >= 4 is 28.7 Å². The second kappa shape index (κ2) is 7.81. The normalized spacial score (nSPS) is 10.7. The van der Waals surface area contributed by atoms with Crippen LogP contribution in [0.1, 0.15) is 0 Å². The smallest absolute Gasteiger partial charge is 0.414 e. The molecule has 0 fully saturated rings. The van der Waals surface area contributed by atoms with E-state index in [1.165, 1.54) is 25.4 Å². The highest BCUT2D eigenvalue weighted by Crippen LogP contribution is 2.36. The Balaban J connectivity index is 1.58. The molecular weight excluding hydrogens is 399 g/mol. The van der Waals surface area contributed by atoms with Gasteiger partial charge in [-0.15, -0.1) is 0 Å². The molecule has 1 N–H and O–H groups in total. The first-order valence-electron chi connectivity index (χ1n) is 8.54.